The van der Waals surface area contributed by atoms with Crippen molar-refractivity contribution in [2.75, 3.05) is 6.54 Å². The molecule has 1 aromatic rings. The summed E-state index contributed by atoms with van der Waals surface area (Å²) in [6.07, 6.45) is 4.18. The molecule has 0 spiro atoms. The van der Waals surface area contributed by atoms with Crippen molar-refractivity contribution >= 4 is 11.3 Å². The summed E-state index contributed by atoms with van der Waals surface area (Å²) in [4.78, 5) is 1.60. The first-order chi connectivity index (χ1) is 8.16. The van der Waals surface area contributed by atoms with E-state index in [1.807, 2.05) is 11.3 Å². The van der Waals surface area contributed by atoms with Crippen molar-refractivity contribution in [3.8, 4) is 0 Å². The second-order valence-electron chi connectivity index (χ2n) is 5.86. The highest BCUT2D eigenvalue weighted by molar-refractivity contribution is 7.10. The van der Waals surface area contributed by atoms with Gasteiger partial charge in [-0.15, -0.1) is 11.3 Å². The Morgan fingerprint density at radius 3 is 2.88 bits per heavy atom. The molecule has 0 radical (unpaired) electrons. The fraction of sp³-hybridized carbons (Fsp3) is 0.733. The molecule has 1 aliphatic carbocycles. The average Bonchev–Trinajstić information content (AvgIpc) is 2.80. The number of nitrogens with one attached hydrogen (secondary N) is 1. The van der Waals surface area contributed by atoms with E-state index in [4.69, 9.17) is 0 Å². The molecule has 3 unspecified atom stereocenters. The predicted molar refractivity (Wildman–Crippen MR) is 76.7 cm³/mol. The summed E-state index contributed by atoms with van der Waals surface area (Å²) in [5, 5.41) is 5.85. The molecule has 96 valence electrons. The molecule has 2 heteroatoms. The maximum Gasteiger partial charge on any atom is 0.00795 e. The van der Waals surface area contributed by atoms with Crippen LogP contribution in [0.5, 0.6) is 0 Å². The molecule has 1 heterocycles. The third-order valence-electron chi connectivity index (χ3n) is 3.95. The Labute approximate surface area is 110 Å². The SMILES string of the molecule is CC1CCC(CNC(C)C)C(c2cccs2)C1. The van der Waals surface area contributed by atoms with Crippen molar-refractivity contribution < 1.29 is 0 Å². The van der Waals surface area contributed by atoms with Gasteiger partial charge in [0.1, 0.15) is 0 Å². The van der Waals surface area contributed by atoms with Gasteiger partial charge < -0.3 is 5.32 Å². The van der Waals surface area contributed by atoms with Gasteiger partial charge in [-0.05, 0) is 48.6 Å². The zero-order chi connectivity index (χ0) is 12.3. The molecule has 0 aromatic carbocycles. The van der Waals surface area contributed by atoms with Gasteiger partial charge >= 0.3 is 0 Å². The monoisotopic (exact) mass is 251 g/mol. The van der Waals surface area contributed by atoms with Crippen LogP contribution in [0.4, 0.5) is 0 Å². The molecule has 0 bridgehead atoms. The Bertz CT molecular complexity index is 318. The topological polar surface area (TPSA) is 12.0 Å². The summed E-state index contributed by atoms with van der Waals surface area (Å²) < 4.78 is 0. The second-order valence-corrected chi connectivity index (χ2v) is 6.84. The second kappa shape index (κ2) is 6.01. The molecule has 17 heavy (non-hydrogen) atoms. The van der Waals surface area contributed by atoms with Crippen molar-refractivity contribution in [3.05, 3.63) is 22.4 Å². The van der Waals surface area contributed by atoms with Crippen LogP contribution < -0.4 is 5.32 Å². The fourth-order valence-electron chi connectivity index (χ4n) is 2.93. The van der Waals surface area contributed by atoms with Gasteiger partial charge in [0.05, 0.1) is 0 Å². The molecular formula is C15H25NS. The molecule has 1 fully saturated rings. The number of rotatable bonds is 4. The van der Waals surface area contributed by atoms with Gasteiger partial charge in [-0.25, -0.2) is 0 Å². The molecule has 1 N–H and O–H groups in total. The number of thiophene rings is 1. The minimum atomic E-state index is 0.610. The van der Waals surface area contributed by atoms with Crippen LogP contribution in [0, 0.1) is 11.8 Å². The Hall–Kier alpha value is -0.340. The molecule has 1 aromatic heterocycles. The van der Waals surface area contributed by atoms with Crippen LogP contribution in [0.2, 0.25) is 0 Å². The van der Waals surface area contributed by atoms with Gasteiger partial charge in [0.2, 0.25) is 0 Å². The van der Waals surface area contributed by atoms with Crippen LogP contribution in [0.1, 0.15) is 50.8 Å². The predicted octanol–water partition coefficient (Wildman–Crippen LogP) is 4.27. The highest BCUT2D eigenvalue weighted by atomic mass is 32.1. The molecular weight excluding hydrogens is 226 g/mol. The molecule has 1 nitrogen and oxygen atoms in total. The molecule has 0 saturated heterocycles. The Balaban J connectivity index is 2.01. The lowest BCUT2D eigenvalue weighted by Crippen LogP contribution is -2.34. The maximum atomic E-state index is 3.63. The fourth-order valence-corrected chi connectivity index (χ4v) is 3.86. The molecule has 2 rings (SSSR count). The normalized spacial score (nSPS) is 29.8. The van der Waals surface area contributed by atoms with E-state index in [0.29, 0.717) is 6.04 Å². The lowest BCUT2D eigenvalue weighted by atomic mass is 9.74. The van der Waals surface area contributed by atoms with Crippen LogP contribution in [0.25, 0.3) is 0 Å². The third kappa shape index (κ3) is 3.56. The Morgan fingerprint density at radius 1 is 1.41 bits per heavy atom. The van der Waals surface area contributed by atoms with Gasteiger partial charge in [-0.2, -0.15) is 0 Å². The van der Waals surface area contributed by atoms with E-state index in [9.17, 15) is 0 Å². The first-order valence-corrected chi connectivity index (χ1v) is 7.81. The smallest absolute Gasteiger partial charge is 0.00795 e. The number of hydrogen-bond donors (Lipinski definition) is 1. The van der Waals surface area contributed by atoms with Gasteiger partial charge in [-0.3, -0.25) is 0 Å². The van der Waals surface area contributed by atoms with Crippen molar-refractivity contribution in [2.24, 2.45) is 11.8 Å². The first kappa shape index (κ1) is 13.1. The zero-order valence-corrected chi connectivity index (χ0v) is 12.1. The van der Waals surface area contributed by atoms with Crippen molar-refractivity contribution in [1.29, 1.82) is 0 Å². The van der Waals surface area contributed by atoms with Gasteiger partial charge in [0.25, 0.3) is 0 Å². The third-order valence-corrected chi connectivity index (χ3v) is 4.96. The summed E-state index contributed by atoms with van der Waals surface area (Å²) in [7, 11) is 0. The van der Waals surface area contributed by atoms with Crippen LogP contribution in [0.15, 0.2) is 17.5 Å². The minimum absolute atomic E-state index is 0.610. The van der Waals surface area contributed by atoms with Crippen molar-refractivity contribution in [2.45, 2.75) is 52.0 Å². The Morgan fingerprint density at radius 2 is 2.24 bits per heavy atom. The van der Waals surface area contributed by atoms with E-state index in [2.05, 4.69) is 43.6 Å². The lowest BCUT2D eigenvalue weighted by Gasteiger charge is -2.35. The molecule has 1 saturated carbocycles. The summed E-state index contributed by atoms with van der Waals surface area (Å²) >= 11 is 1.94. The number of hydrogen-bond acceptors (Lipinski definition) is 2. The molecule has 1 aliphatic rings. The van der Waals surface area contributed by atoms with E-state index in [1.165, 1.54) is 25.8 Å². The van der Waals surface area contributed by atoms with E-state index in [0.717, 1.165) is 17.8 Å². The summed E-state index contributed by atoms with van der Waals surface area (Å²) in [6.45, 7) is 8.08. The lowest BCUT2D eigenvalue weighted by molar-refractivity contribution is 0.240. The van der Waals surface area contributed by atoms with Gasteiger partial charge in [0.15, 0.2) is 0 Å². The summed E-state index contributed by atoms with van der Waals surface area (Å²) in [5.74, 6) is 2.54. The van der Waals surface area contributed by atoms with E-state index in [-0.39, 0.29) is 0 Å². The molecule has 0 aliphatic heterocycles. The van der Waals surface area contributed by atoms with Crippen LogP contribution in [-0.2, 0) is 0 Å². The van der Waals surface area contributed by atoms with Gasteiger partial charge in [-0.1, -0.05) is 33.3 Å². The van der Waals surface area contributed by atoms with E-state index in [1.54, 1.807) is 4.88 Å². The van der Waals surface area contributed by atoms with Crippen LogP contribution in [0.3, 0.4) is 0 Å². The largest absolute Gasteiger partial charge is 0.314 e. The zero-order valence-electron chi connectivity index (χ0n) is 11.3. The van der Waals surface area contributed by atoms with Crippen molar-refractivity contribution in [3.63, 3.8) is 0 Å². The van der Waals surface area contributed by atoms with Crippen molar-refractivity contribution in [1.82, 2.24) is 5.32 Å². The van der Waals surface area contributed by atoms with Crippen LogP contribution >= 0.6 is 11.3 Å². The molecule has 0 amide bonds. The highest BCUT2D eigenvalue weighted by Gasteiger charge is 2.30. The van der Waals surface area contributed by atoms with Gasteiger partial charge in [0, 0.05) is 10.9 Å². The van der Waals surface area contributed by atoms with E-state index < -0.39 is 0 Å². The quantitative estimate of drug-likeness (QED) is 0.843. The van der Waals surface area contributed by atoms with Crippen LogP contribution in [-0.4, -0.2) is 12.6 Å². The molecule has 3 atom stereocenters. The first-order valence-electron chi connectivity index (χ1n) is 6.93. The summed E-state index contributed by atoms with van der Waals surface area (Å²) in [5.41, 5.74) is 0. The maximum absolute atomic E-state index is 3.63. The Kier molecular flexibility index (Phi) is 4.63. The van der Waals surface area contributed by atoms with E-state index >= 15 is 0 Å². The summed E-state index contributed by atoms with van der Waals surface area (Å²) in [6, 6.07) is 5.14. The minimum Gasteiger partial charge on any atom is -0.314 e. The highest BCUT2D eigenvalue weighted by Crippen LogP contribution is 2.41. The average molecular weight is 251 g/mol. The standard InChI is InChI=1S/C15H25NS/c1-11(2)16-10-13-7-6-12(3)9-14(13)15-5-4-8-17-15/h4-5,8,11-14,16H,6-7,9-10H2,1-3H3.